The van der Waals surface area contributed by atoms with Crippen molar-refractivity contribution in [1.29, 1.82) is 0 Å². The molecule has 1 aromatic rings. The lowest BCUT2D eigenvalue weighted by Crippen LogP contribution is -2.20. The van der Waals surface area contributed by atoms with E-state index >= 15 is 0 Å². The second-order valence-corrected chi connectivity index (χ2v) is 3.69. The van der Waals surface area contributed by atoms with Crippen LogP contribution in [-0.4, -0.2) is 19.6 Å². The highest BCUT2D eigenvalue weighted by atomic mass is 19.1. The molecule has 0 atom stereocenters. The maximum absolute atomic E-state index is 13.3. The van der Waals surface area contributed by atoms with Crippen LogP contribution in [0.25, 0.3) is 6.08 Å². The topological polar surface area (TPSA) is 38.3 Å². The van der Waals surface area contributed by atoms with Crippen LogP contribution in [0.1, 0.15) is 18.9 Å². The average molecular weight is 255 g/mol. The molecule has 0 unspecified atom stereocenters. The highest BCUT2D eigenvalue weighted by molar-refractivity contribution is 5.72. The molecule has 1 amide bonds. The Morgan fingerprint density at radius 1 is 1.39 bits per heavy atom. The van der Waals surface area contributed by atoms with Crippen LogP contribution in [0.3, 0.4) is 0 Å². The van der Waals surface area contributed by atoms with Crippen LogP contribution in [0.5, 0.6) is 5.75 Å². The van der Waals surface area contributed by atoms with Crippen molar-refractivity contribution in [3.63, 3.8) is 0 Å². The van der Waals surface area contributed by atoms with E-state index in [-0.39, 0.29) is 11.7 Å². The van der Waals surface area contributed by atoms with Gasteiger partial charge in [-0.2, -0.15) is 0 Å². The van der Waals surface area contributed by atoms with Gasteiger partial charge in [0.05, 0.1) is 7.11 Å². The third-order valence-corrected chi connectivity index (χ3v) is 2.22. The van der Waals surface area contributed by atoms with Crippen molar-refractivity contribution < 1.29 is 18.3 Å². The number of carbonyl (C=O) groups excluding carboxylic acids is 1. The molecular formula is C13H15F2NO2. The zero-order chi connectivity index (χ0) is 13.5. The number of rotatable bonds is 5. The Hall–Kier alpha value is -1.91. The number of ether oxygens (including phenoxy) is 1. The molecule has 3 nitrogen and oxygen atoms in total. The summed E-state index contributed by atoms with van der Waals surface area (Å²) in [6, 6.07) is 2.38. The molecule has 0 fully saturated rings. The Bertz CT molecular complexity index is 435. The minimum atomic E-state index is -0.737. The Balaban J connectivity index is 2.62. The summed E-state index contributed by atoms with van der Waals surface area (Å²) in [6.45, 7) is 1.92. The monoisotopic (exact) mass is 255 g/mol. The van der Waals surface area contributed by atoms with Gasteiger partial charge in [-0.25, -0.2) is 8.78 Å². The van der Waals surface area contributed by atoms with Crippen molar-refractivity contribution in [2.75, 3.05) is 13.7 Å². The van der Waals surface area contributed by atoms with Gasteiger partial charge in [0.15, 0.2) is 17.4 Å². The maximum atomic E-state index is 13.3. The molecule has 0 saturated carbocycles. The van der Waals surface area contributed by atoms with Gasteiger partial charge < -0.3 is 10.1 Å². The Labute approximate surface area is 104 Å². The molecule has 0 spiro atoms. The third-order valence-electron chi connectivity index (χ3n) is 2.22. The number of hydrogen-bond donors (Lipinski definition) is 1. The molecule has 1 rings (SSSR count). The Morgan fingerprint density at radius 2 is 2.00 bits per heavy atom. The summed E-state index contributed by atoms with van der Waals surface area (Å²) in [7, 11) is 1.21. The van der Waals surface area contributed by atoms with Gasteiger partial charge >= 0.3 is 0 Å². The SMILES string of the molecule is COc1c(F)cc(C=CCCNC(C)=O)cc1F. The molecule has 0 saturated heterocycles. The summed E-state index contributed by atoms with van der Waals surface area (Å²) in [5.41, 5.74) is 0.411. The zero-order valence-electron chi connectivity index (χ0n) is 10.3. The number of halogens is 2. The van der Waals surface area contributed by atoms with Crippen molar-refractivity contribution in [2.24, 2.45) is 0 Å². The smallest absolute Gasteiger partial charge is 0.216 e. The van der Waals surface area contributed by atoms with E-state index in [9.17, 15) is 13.6 Å². The van der Waals surface area contributed by atoms with E-state index in [2.05, 4.69) is 10.1 Å². The third kappa shape index (κ3) is 4.16. The average Bonchev–Trinajstić information content (AvgIpc) is 2.27. The van der Waals surface area contributed by atoms with Gasteiger partial charge in [0.1, 0.15) is 0 Å². The predicted octanol–water partition coefficient (Wildman–Crippen LogP) is 2.51. The predicted molar refractivity (Wildman–Crippen MR) is 65.2 cm³/mol. The van der Waals surface area contributed by atoms with Crippen LogP contribution in [0.2, 0.25) is 0 Å². The van der Waals surface area contributed by atoms with Crippen molar-refractivity contribution in [3.8, 4) is 5.75 Å². The second-order valence-electron chi connectivity index (χ2n) is 3.69. The normalized spacial score (nSPS) is 10.7. The molecule has 0 bridgehead atoms. The van der Waals surface area contributed by atoms with Crippen LogP contribution in [0.4, 0.5) is 8.78 Å². The summed E-state index contributed by atoms with van der Waals surface area (Å²) < 4.78 is 31.3. The molecule has 5 heteroatoms. The molecule has 0 aliphatic heterocycles. The largest absolute Gasteiger partial charge is 0.491 e. The minimum Gasteiger partial charge on any atom is -0.491 e. The Kier molecular flexibility index (Phi) is 5.30. The van der Waals surface area contributed by atoms with Gasteiger partial charge in [-0.1, -0.05) is 12.2 Å². The summed E-state index contributed by atoms with van der Waals surface area (Å²) in [5.74, 6) is -1.96. The van der Waals surface area contributed by atoms with Gasteiger partial charge in [0.25, 0.3) is 0 Å². The van der Waals surface area contributed by atoms with E-state index in [0.29, 0.717) is 18.5 Å². The maximum Gasteiger partial charge on any atom is 0.216 e. The van der Waals surface area contributed by atoms with Crippen molar-refractivity contribution in [2.45, 2.75) is 13.3 Å². The first kappa shape index (κ1) is 14.2. The fourth-order valence-electron chi connectivity index (χ4n) is 1.42. The molecule has 0 aromatic heterocycles. The first-order chi connectivity index (χ1) is 8.54. The summed E-state index contributed by atoms with van der Waals surface area (Å²) in [4.78, 5) is 10.6. The number of amides is 1. The number of benzene rings is 1. The second kappa shape index (κ2) is 6.74. The number of hydrogen-bond acceptors (Lipinski definition) is 2. The lowest BCUT2D eigenvalue weighted by Gasteiger charge is -2.04. The highest BCUT2D eigenvalue weighted by Gasteiger charge is 2.09. The lowest BCUT2D eigenvalue weighted by atomic mass is 10.1. The molecular weight excluding hydrogens is 240 g/mol. The molecule has 18 heavy (non-hydrogen) atoms. The molecule has 1 aromatic carbocycles. The van der Waals surface area contributed by atoms with E-state index in [1.165, 1.54) is 26.2 Å². The number of carbonyl (C=O) groups is 1. The summed E-state index contributed by atoms with van der Waals surface area (Å²) >= 11 is 0. The van der Waals surface area contributed by atoms with Crippen molar-refractivity contribution >= 4 is 12.0 Å². The molecule has 0 aliphatic carbocycles. The van der Waals surface area contributed by atoms with Gasteiger partial charge in [-0.15, -0.1) is 0 Å². The van der Waals surface area contributed by atoms with Crippen LogP contribution in [0, 0.1) is 11.6 Å². The van der Waals surface area contributed by atoms with Crippen LogP contribution in [0.15, 0.2) is 18.2 Å². The lowest BCUT2D eigenvalue weighted by molar-refractivity contribution is -0.118. The first-order valence-corrected chi connectivity index (χ1v) is 5.48. The quantitative estimate of drug-likeness (QED) is 0.821. The fourth-order valence-corrected chi connectivity index (χ4v) is 1.42. The van der Waals surface area contributed by atoms with Crippen molar-refractivity contribution in [1.82, 2.24) is 5.32 Å². The highest BCUT2D eigenvalue weighted by Crippen LogP contribution is 2.23. The van der Waals surface area contributed by atoms with Gasteiger partial charge in [-0.3, -0.25) is 4.79 Å². The number of methoxy groups -OCH3 is 1. The van der Waals surface area contributed by atoms with E-state index in [0.717, 1.165) is 0 Å². The molecule has 98 valence electrons. The molecule has 0 radical (unpaired) electrons. The summed E-state index contributed by atoms with van der Waals surface area (Å²) in [6.07, 6.45) is 3.92. The van der Waals surface area contributed by atoms with Crippen molar-refractivity contribution in [3.05, 3.63) is 35.4 Å². The van der Waals surface area contributed by atoms with Crippen LogP contribution < -0.4 is 10.1 Å². The standard InChI is InChI=1S/C13H15F2NO2/c1-9(17)16-6-4-3-5-10-7-11(14)13(18-2)12(15)8-10/h3,5,7-8H,4,6H2,1-2H3,(H,16,17). The molecule has 0 aliphatic rings. The Morgan fingerprint density at radius 3 is 2.50 bits per heavy atom. The van der Waals surface area contributed by atoms with Gasteiger partial charge in [-0.05, 0) is 24.1 Å². The summed E-state index contributed by atoms with van der Waals surface area (Å²) in [5, 5.41) is 2.61. The minimum absolute atomic E-state index is 0.107. The van der Waals surface area contributed by atoms with E-state index in [1.54, 1.807) is 12.2 Å². The van der Waals surface area contributed by atoms with Crippen LogP contribution in [-0.2, 0) is 4.79 Å². The zero-order valence-corrected chi connectivity index (χ0v) is 10.3. The van der Waals surface area contributed by atoms with Crippen LogP contribution >= 0.6 is 0 Å². The number of nitrogens with one attached hydrogen (secondary N) is 1. The van der Waals surface area contributed by atoms with Gasteiger partial charge in [0.2, 0.25) is 5.91 Å². The van der Waals surface area contributed by atoms with E-state index in [4.69, 9.17) is 0 Å². The van der Waals surface area contributed by atoms with Gasteiger partial charge in [0, 0.05) is 13.5 Å². The first-order valence-electron chi connectivity index (χ1n) is 5.48. The molecule has 1 N–H and O–H groups in total. The fraction of sp³-hybridized carbons (Fsp3) is 0.308. The molecule has 0 heterocycles. The van der Waals surface area contributed by atoms with E-state index in [1.807, 2.05) is 0 Å². The van der Waals surface area contributed by atoms with E-state index < -0.39 is 11.6 Å².